The molecule has 0 aliphatic carbocycles. The zero-order valence-corrected chi connectivity index (χ0v) is 12.7. The van der Waals surface area contributed by atoms with Gasteiger partial charge in [0.1, 0.15) is 6.04 Å². The van der Waals surface area contributed by atoms with Crippen molar-refractivity contribution in [3.8, 4) is 6.07 Å². The number of nitrogens with zero attached hydrogens (tertiary/aromatic N) is 1. The first kappa shape index (κ1) is 17.6. The van der Waals surface area contributed by atoms with Crippen molar-refractivity contribution in [2.45, 2.75) is 25.6 Å². The summed E-state index contributed by atoms with van der Waals surface area (Å²) in [5.74, 6) is -0.420. The second-order valence-electron chi connectivity index (χ2n) is 5.50. The Labute approximate surface area is 136 Å². The second-order valence-corrected chi connectivity index (χ2v) is 5.50. The number of amides is 3. The Balaban J connectivity index is 2.12. The van der Waals surface area contributed by atoms with Crippen LogP contribution in [0.2, 0.25) is 0 Å². The third kappa shape index (κ3) is 3.95. The number of benzene rings is 1. The van der Waals surface area contributed by atoms with Gasteiger partial charge in [0, 0.05) is 12.2 Å². The fourth-order valence-corrected chi connectivity index (χ4v) is 2.43. The van der Waals surface area contributed by atoms with E-state index in [1.165, 1.54) is 12.1 Å². The molecule has 0 aromatic heterocycles. The topological polar surface area (TPSA) is 94.0 Å². The lowest BCUT2D eigenvalue weighted by Crippen LogP contribution is -2.55. The number of urea groups is 1. The van der Waals surface area contributed by atoms with Crippen molar-refractivity contribution >= 4 is 17.6 Å². The highest BCUT2D eigenvalue weighted by atomic mass is 19.4. The third-order valence-corrected chi connectivity index (χ3v) is 3.74. The van der Waals surface area contributed by atoms with Gasteiger partial charge in [-0.25, -0.2) is 4.79 Å². The van der Waals surface area contributed by atoms with E-state index in [0.29, 0.717) is 19.0 Å². The minimum Gasteiger partial charge on any atom is -0.354 e. The molecule has 24 heavy (non-hydrogen) atoms. The minimum atomic E-state index is -4.71. The molecule has 128 valence electrons. The Hall–Kier alpha value is -2.76. The Morgan fingerprint density at radius 1 is 1.42 bits per heavy atom. The first-order valence-corrected chi connectivity index (χ1v) is 7.19. The molecular formula is C15H15F3N4O2. The Bertz CT molecular complexity index is 697. The first-order valence-electron chi connectivity index (χ1n) is 7.19. The molecule has 0 bridgehead atoms. The van der Waals surface area contributed by atoms with Crippen molar-refractivity contribution < 1.29 is 22.8 Å². The molecule has 9 heteroatoms. The molecule has 0 unspecified atom stereocenters. The zero-order valence-electron chi connectivity index (χ0n) is 12.7. The van der Waals surface area contributed by atoms with Gasteiger partial charge >= 0.3 is 12.2 Å². The molecule has 1 aliphatic rings. The maximum absolute atomic E-state index is 12.9. The van der Waals surface area contributed by atoms with Gasteiger partial charge in [-0.1, -0.05) is 6.92 Å². The van der Waals surface area contributed by atoms with E-state index in [2.05, 4.69) is 16.0 Å². The quantitative estimate of drug-likeness (QED) is 0.770. The van der Waals surface area contributed by atoms with Crippen LogP contribution < -0.4 is 16.0 Å². The molecule has 0 radical (unpaired) electrons. The van der Waals surface area contributed by atoms with E-state index >= 15 is 0 Å². The highest BCUT2D eigenvalue weighted by Gasteiger charge is 2.34. The van der Waals surface area contributed by atoms with Crippen LogP contribution in [0, 0.1) is 17.2 Å². The van der Waals surface area contributed by atoms with Gasteiger partial charge in [-0.3, -0.25) is 4.79 Å². The molecule has 3 amide bonds. The molecule has 1 aromatic carbocycles. The molecule has 6 nitrogen and oxygen atoms in total. The number of carbonyl (C=O) groups is 2. The van der Waals surface area contributed by atoms with Gasteiger partial charge in [-0.15, -0.1) is 0 Å². The van der Waals surface area contributed by atoms with E-state index in [-0.39, 0.29) is 17.5 Å². The third-order valence-electron chi connectivity index (χ3n) is 3.74. The van der Waals surface area contributed by atoms with E-state index in [0.717, 1.165) is 6.07 Å². The first-order chi connectivity index (χ1) is 11.2. The van der Waals surface area contributed by atoms with Gasteiger partial charge in [-0.2, -0.15) is 18.4 Å². The summed E-state index contributed by atoms with van der Waals surface area (Å²) >= 11 is 0. The highest BCUT2D eigenvalue weighted by Crippen LogP contribution is 2.33. The van der Waals surface area contributed by atoms with Crippen LogP contribution in [0.25, 0.3) is 0 Å². The van der Waals surface area contributed by atoms with Crippen molar-refractivity contribution in [2.75, 3.05) is 11.9 Å². The molecule has 1 aliphatic heterocycles. The average Bonchev–Trinajstić information content (AvgIpc) is 2.50. The van der Waals surface area contributed by atoms with Gasteiger partial charge in [0.2, 0.25) is 5.91 Å². The van der Waals surface area contributed by atoms with E-state index in [1.54, 1.807) is 6.92 Å². The highest BCUT2D eigenvalue weighted by molar-refractivity contribution is 5.94. The lowest BCUT2D eigenvalue weighted by molar-refractivity contribution is -0.137. The summed E-state index contributed by atoms with van der Waals surface area (Å²) in [5.41, 5.74) is -1.79. The summed E-state index contributed by atoms with van der Waals surface area (Å²) < 4.78 is 38.7. The van der Waals surface area contributed by atoms with Crippen LogP contribution in [-0.2, 0) is 11.0 Å². The van der Waals surface area contributed by atoms with Crippen molar-refractivity contribution in [2.24, 2.45) is 5.92 Å². The molecule has 1 aromatic rings. The largest absolute Gasteiger partial charge is 0.417 e. The predicted molar refractivity (Wildman–Crippen MR) is 78.9 cm³/mol. The number of nitriles is 1. The van der Waals surface area contributed by atoms with Gasteiger partial charge in [0.05, 0.1) is 17.2 Å². The van der Waals surface area contributed by atoms with Crippen LogP contribution in [-0.4, -0.2) is 24.5 Å². The number of hydrogen-bond donors (Lipinski definition) is 3. The summed E-state index contributed by atoms with van der Waals surface area (Å²) in [5, 5.41) is 16.0. The lowest BCUT2D eigenvalue weighted by Gasteiger charge is -2.29. The van der Waals surface area contributed by atoms with Crippen molar-refractivity contribution in [3.05, 3.63) is 29.3 Å². The molecule has 2 rings (SSSR count). The van der Waals surface area contributed by atoms with E-state index < -0.39 is 29.4 Å². The Kier molecular flexibility index (Phi) is 4.97. The monoisotopic (exact) mass is 340 g/mol. The normalized spacial score (nSPS) is 20.7. The van der Waals surface area contributed by atoms with E-state index in [1.807, 2.05) is 0 Å². The molecular weight excluding hydrogens is 325 g/mol. The molecule has 1 heterocycles. The maximum atomic E-state index is 12.9. The molecule has 0 saturated carbocycles. The van der Waals surface area contributed by atoms with Crippen LogP contribution >= 0.6 is 0 Å². The molecule has 3 N–H and O–H groups in total. The molecule has 1 saturated heterocycles. The Morgan fingerprint density at radius 2 is 2.12 bits per heavy atom. The standard InChI is InChI=1S/C15H15F3N4O2/c1-8-4-5-20-13(23)12(8)22-14(24)21-10-3-2-9(7-19)11(6-10)15(16,17)18/h2-3,6,8,12H,4-5H2,1H3,(H,20,23)(H2,21,22,24)/t8-,12+/m1/s1. The molecule has 0 spiro atoms. The SMILES string of the molecule is C[C@@H]1CCNC(=O)[C@H]1NC(=O)Nc1ccc(C#N)c(C(F)(F)F)c1. The average molecular weight is 340 g/mol. The number of anilines is 1. The smallest absolute Gasteiger partial charge is 0.354 e. The van der Waals surface area contributed by atoms with Crippen LogP contribution in [0.1, 0.15) is 24.5 Å². The fourth-order valence-electron chi connectivity index (χ4n) is 2.43. The number of piperidine rings is 1. The number of carbonyl (C=O) groups excluding carboxylic acids is 2. The zero-order chi connectivity index (χ0) is 17.9. The van der Waals surface area contributed by atoms with Crippen molar-refractivity contribution in [1.82, 2.24) is 10.6 Å². The van der Waals surface area contributed by atoms with Gasteiger partial charge in [0.15, 0.2) is 0 Å². The summed E-state index contributed by atoms with van der Waals surface area (Å²) in [4.78, 5) is 23.7. The number of nitrogens with one attached hydrogen (secondary N) is 3. The van der Waals surface area contributed by atoms with Crippen LogP contribution in [0.4, 0.5) is 23.7 Å². The lowest BCUT2D eigenvalue weighted by atomic mass is 9.94. The fraction of sp³-hybridized carbons (Fsp3) is 0.400. The maximum Gasteiger partial charge on any atom is 0.417 e. The van der Waals surface area contributed by atoms with E-state index in [9.17, 15) is 22.8 Å². The molecule has 2 atom stereocenters. The predicted octanol–water partition coefficient (Wildman–Crippen LogP) is 2.22. The van der Waals surface area contributed by atoms with Crippen molar-refractivity contribution in [3.63, 3.8) is 0 Å². The van der Waals surface area contributed by atoms with Gasteiger partial charge in [0.25, 0.3) is 0 Å². The Morgan fingerprint density at radius 3 is 2.71 bits per heavy atom. The minimum absolute atomic E-state index is 0.0869. The second kappa shape index (κ2) is 6.78. The number of halogens is 3. The van der Waals surface area contributed by atoms with Crippen LogP contribution in [0.5, 0.6) is 0 Å². The number of rotatable bonds is 2. The van der Waals surface area contributed by atoms with Crippen LogP contribution in [0.3, 0.4) is 0 Å². The van der Waals surface area contributed by atoms with Crippen LogP contribution in [0.15, 0.2) is 18.2 Å². The summed E-state index contributed by atoms with van der Waals surface area (Å²) in [7, 11) is 0. The number of alkyl halides is 3. The summed E-state index contributed by atoms with van der Waals surface area (Å²) in [6.45, 7) is 2.32. The summed E-state index contributed by atoms with van der Waals surface area (Å²) in [6.07, 6.45) is -4.03. The number of hydrogen-bond acceptors (Lipinski definition) is 3. The molecule has 1 fully saturated rings. The van der Waals surface area contributed by atoms with Gasteiger partial charge < -0.3 is 16.0 Å². The van der Waals surface area contributed by atoms with E-state index in [4.69, 9.17) is 5.26 Å². The summed E-state index contributed by atoms with van der Waals surface area (Å²) in [6, 6.07) is 2.77. The van der Waals surface area contributed by atoms with Gasteiger partial charge in [-0.05, 0) is 30.5 Å². The van der Waals surface area contributed by atoms with Crippen molar-refractivity contribution in [1.29, 1.82) is 5.26 Å².